The highest BCUT2D eigenvalue weighted by Gasteiger charge is 2.19. The lowest BCUT2D eigenvalue weighted by Crippen LogP contribution is -2.36. The molecule has 1 unspecified atom stereocenters. The zero-order valence-corrected chi connectivity index (χ0v) is 19.0. The van der Waals surface area contributed by atoms with Crippen LogP contribution in [0.1, 0.15) is 54.9 Å². The second-order valence-electron chi connectivity index (χ2n) is 8.17. The molecule has 4 rings (SSSR count). The number of pyridine rings is 1. The Balaban J connectivity index is 1.58. The van der Waals surface area contributed by atoms with Crippen LogP contribution in [0.4, 0.5) is 11.8 Å². The lowest BCUT2D eigenvalue weighted by atomic mass is 9.94. The molecule has 2 N–H and O–H groups in total. The molecule has 32 heavy (non-hydrogen) atoms. The van der Waals surface area contributed by atoms with Crippen LogP contribution in [0.25, 0.3) is 11.0 Å². The van der Waals surface area contributed by atoms with E-state index in [1.807, 2.05) is 12.1 Å². The predicted molar refractivity (Wildman–Crippen MR) is 126 cm³/mol. The molecule has 0 radical (unpaired) electrons. The van der Waals surface area contributed by atoms with Gasteiger partial charge >= 0.3 is 0 Å². The van der Waals surface area contributed by atoms with Crippen LogP contribution in [-0.2, 0) is 4.74 Å². The maximum Gasteiger partial charge on any atom is 0.258 e. The summed E-state index contributed by atoms with van der Waals surface area (Å²) >= 11 is 0. The number of amides is 1. The highest BCUT2D eigenvalue weighted by atomic mass is 16.5. The number of aromatic nitrogens is 3. The monoisotopic (exact) mass is 437 g/mol. The molecular weight excluding hydrogens is 406 g/mol. The van der Waals surface area contributed by atoms with Crippen molar-refractivity contribution in [3.63, 3.8) is 0 Å². The van der Waals surface area contributed by atoms with Gasteiger partial charge in [-0.3, -0.25) is 10.1 Å². The number of methoxy groups -OCH3 is 1. The van der Waals surface area contributed by atoms with Crippen molar-refractivity contribution in [3.05, 3.63) is 41.6 Å². The van der Waals surface area contributed by atoms with Crippen LogP contribution in [-0.4, -0.2) is 54.3 Å². The molecule has 0 saturated carbocycles. The second-order valence-corrected chi connectivity index (χ2v) is 8.17. The molecule has 1 aromatic carbocycles. The zero-order valence-electron chi connectivity index (χ0n) is 19.0. The number of imidazole rings is 1. The van der Waals surface area contributed by atoms with Gasteiger partial charge in [-0.1, -0.05) is 32.8 Å². The number of carbonyl (C=O) groups excluding carboxylic acids is 1. The summed E-state index contributed by atoms with van der Waals surface area (Å²) in [7, 11) is 1.64. The van der Waals surface area contributed by atoms with Gasteiger partial charge in [0, 0.05) is 24.8 Å². The highest BCUT2D eigenvalue weighted by Crippen LogP contribution is 2.33. The van der Waals surface area contributed by atoms with Crippen LogP contribution in [0.5, 0.6) is 5.75 Å². The van der Waals surface area contributed by atoms with E-state index in [4.69, 9.17) is 14.5 Å². The molecule has 1 amide bonds. The summed E-state index contributed by atoms with van der Waals surface area (Å²) < 4.78 is 10.9. The lowest BCUT2D eigenvalue weighted by Gasteiger charge is -2.27. The summed E-state index contributed by atoms with van der Waals surface area (Å²) in [5.41, 5.74) is 3.33. The Morgan fingerprint density at radius 2 is 2.12 bits per heavy atom. The molecular formula is C24H31N5O3. The first-order valence-corrected chi connectivity index (χ1v) is 11.3. The van der Waals surface area contributed by atoms with Crippen LogP contribution in [0, 0.1) is 0 Å². The highest BCUT2D eigenvalue weighted by molar-refractivity contribution is 6.04. The van der Waals surface area contributed by atoms with Gasteiger partial charge in [-0.25, -0.2) is 9.97 Å². The SMILES string of the molecule is CCCCC(C)c1ccc(OC)c2[nH]c(NC(=O)c3ccnc(N4CCOCC4)c3)nc12. The van der Waals surface area contributed by atoms with Gasteiger partial charge in [0.25, 0.3) is 5.91 Å². The third-order valence-electron chi connectivity index (χ3n) is 5.95. The molecule has 0 bridgehead atoms. The minimum Gasteiger partial charge on any atom is -0.494 e. The fourth-order valence-corrected chi connectivity index (χ4v) is 4.09. The summed E-state index contributed by atoms with van der Waals surface area (Å²) in [6, 6.07) is 7.55. The van der Waals surface area contributed by atoms with Crippen molar-refractivity contribution in [1.82, 2.24) is 15.0 Å². The van der Waals surface area contributed by atoms with Gasteiger partial charge < -0.3 is 19.4 Å². The van der Waals surface area contributed by atoms with E-state index in [9.17, 15) is 4.79 Å². The molecule has 0 spiro atoms. The number of anilines is 2. The van der Waals surface area contributed by atoms with Crippen molar-refractivity contribution in [1.29, 1.82) is 0 Å². The number of morpholine rings is 1. The first kappa shape index (κ1) is 22.1. The topological polar surface area (TPSA) is 92.4 Å². The summed E-state index contributed by atoms with van der Waals surface area (Å²) in [5, 5.41) is 2.91. The van der Waals surface area contributed by atoms with E-state index < -0.39 is 0 Å². The third kappa shape index (κ3) is 4.70. The smallest absolute Gasteiger partial charge is 0.258 e. The predicted octanol–water partition coefficient (Wildman–Crippen LogP) is 4.35. The second kappa shape index (κ2) is 9.99. The Labute approximate surface area is 188 Å². The van der Waals surface area contributed by atoms with Gasteiger partial charge in [0.2, 0.25) is 5.95 Å². The van der Waals surface area contributed by atoms with Crippen LogP contribution in [0.3, 0.4) is 0 Å². The van der Waals surface area contributed by atoms with Crippen molar-refractivity contribution in [2.45, 2.75) is 39.0 Å². The van der Waals surface area contributed by atoms with Crippen molar-refractivity contribution in [2.75, 3.05) is 43.6 Å². The molecule has 2 aromatic heterocycles. The number of hydrogen-bond acceptors (Lipinski definition) is 6. The molecule has 3 aromatic rings. The van der Waals surface area contributed by atoms with E-state index in [0.29, 0.717) is 36.4 Å². The minimum atomic E-state index is -0.236. The van der Waals surface area contributed by atoms with E-state index in [0.717, 1.165) is 54.8 Å². The van der Waals surface area contributed by atoms with Crippen molar-refractivity contribution in [3.8, 4) is 5.75 Å². The average Bonchev–Trinajstić information content (AvgIpc) is 3.26. The van der Waals surface area contributed by atoms with Gasteiger partial charge in [-0.2, -0.15) is 0 Å². The average molecular weight is 438 g/mol. The van der Waals surface area contributed by atoms with E-state index in [1.54, 1.807) is 19.4 Å². The summed E-state index contributed by atoms with van der Waals surface area (Å²) in [4.78, 5) is 27.5. The van der Waals surface area contributed by atoms with Gasteiger partial charge in [-0.15, -0.1) is 0 Å². The summed E-state index contributed by atoms with van der Waals surface area (Å²) in [6.45, 7) is 7.27. The fourth-order valence-electron chi connectivity index (χ4n) is 4.09. The van der Waals surface area contributed by atoms with Crippen molar-refractivity contribution in [2.24, 2.45) is 0 Å². The van der Waals surface area contributed by atoms with Crippen LogP contribution >= 0.6 is 0 Å². The number of aromatic amines is 1. The quantitative estimate of drug-likeness (QED) is 0.544. The molecule has 170 valence electrons. The maximum absolute atomic E-state index is 13.0. The van der Waals surface area contributed by atoms with Gasteiger partial charge in [0.1, 0.15) is 17.1 Å². The largest absolute Gasteiger partial charge is 0.494 e. The number of nitrogens with one attached hydrogen (secondary N) is 2. The molecule has 8 heteroatoms. The zero-order chi connectivity index (χ0) is 22.5. The lowest BCUT2D eigenvalue weighted by molar-refractivity contribution is 0.102. The van der Waals surface area contributed by atoms with Gasteiger partial charge in [0.05, 0.1) is 25.8 Å². The molecule has 8 nitrogen and oxygen atoms in total. The molecule has 3 heterocycles. The number of hydrogen-bond donors (Lipinski definition) is 2. The number of H-pyrrole nitrogens is 1. The van der Waals surface area contributed by atoms with Gasteiger partial charge in [-0.05, 0) is 36.1 Å². The Morgan fingerprint density at radius 3 is 2.88 bits per heavy atom. The molecule has 1 saturated heterocycles. The van der Waals surface area contributed by atoms with Crippen molar-refractivity contribution < 1.29 is 14.3 Å². The number of nitrogens with zero attached hydrogens (tertiary/aromatic N) is 3. The Kier molecular flexibility index (Phi) is 6.90. The number of fused-ring (bicyclic) bond motifs is 1. The van der Waals surface area contributed by atoms with Crippen LogP contribution in [0.2, 0.25) is 0 Å². The van der Waals surface area contributed by atoms with Gasteiger partial charge in [0.15, 0.2) is 0 Å². The summed E-state index contributed by atoms with van der Waals surface area (Å²) in [5.74, 6) is 2.02. The van der Waals surface area contributed by atoms with Crippen LogP contribution in [0.15, 0.2) is 30.5 Å². The number of rotatable bonds is 8. The van der Waals surface area contributed by atoms with E-state index in [2.05, 4.69) is 40.1 Å². The molecule has 1 fully saturated rings. The van der Waals surface area contributed by atoms with Crippen molar-refractivity contribution >= 4 is 28.7 Å². The first-order valence-electron chi connectivity index (χ1n) is 11.3. The maximum atomic E-state index is 13.0. The molecule has 1 aliphatic heterocycles. The minimum absolute atomic E-state index is 0.236. The normalized spacial score (nSPS) is 15.0. The fraction of sp³-hybridized carbons (Fsp3) is 0.458. The molecule has 1 aliphatic rings. The Morgan fingerprint density at radius 1 is 1.31 bits per heavy atom. The first-order chi connectivity index (χ1) is 15.6. The molecule has 0 aliphatic carbocycles. The molecule has 1 atom stereocenters. The third-order valence-corrected chi connectivity index (χ3v) is 5.95. The Hall–Kier alpha value is -3.13. The van der Waals surface area contributed by atoms with Crippen LogP contribution < -0.4 is 15.0 Å². The standard InChI is InChI=1S/C24H31N5O3/c1-4-5-6-16(2)18-7-8-19(31-3)22-21(18)26-24(27-22)28-23(30)17-9-10-25-20(15-17)29-11-13-32-14-12-29/h7-10,15-16H,4-6,11-14H2,1-3H3,(H2,26,27,28,30). The van der Waals surface area contributed by atoms with E-state index >= 15 is 0 Å². The Bertz CT molecular complexity index is 1070. The van der Waals surface area contributed by atoms with E-state index in [1.165, 1.54) is 0 Å². The number of ether oxygens (including phenoxy) is 2. The number of benzene rings is 1. The van der Waals surface area contributed by atoms with E-state index in [-0.39, 0.29) is 5.91 Å². The number of carbonyl (C=O) groups is 1. The number of unbranched alkanes of at least 4 members (excludes halogenated alkanes) is 1. The summed E-state index contributed by atoms with van der Waals surface area (Å²) in [6.07, 6.45) is 5.07.